The summed E-state index contributed by atoms with van der Waals surface area (Å²) in [7, 11) is 0. The molecule has 2 saturated heterocycles. The summed E-state index contributed by atoms with van der Waals surface area (Å²) in [5, 5.41) is 12.2. The van der Waals surface area contributed by atoms with Gasteiger partial charge in [-0.2, -0.15) is 0 Å². The fourth-order valence-electron chi connectivity index (χ4n) is 5.26. The highest BCUT2D eigenvalue weighted by molar-refractivity contribution is 6.06. The van der Waals surface area contributed by atoms with Gasteiger partial charge < -0.3 is 10.0 Å². The van der Waals surface area contributed by atoms with E-state index in [-0.39, 0.29) is 23.8 Å². The van der Waals surface area contributed by atoms with Crippen LogP contribution in [-0.2, 0) is 15.2 Å². The van der Waals surface area contributed by atoms with Crippen molar-refractivity contribution in [1.82, 2.24) is 14.5 Å². The van der Waals surface area contributed by atoms with Crippen LogP contribution in [0, 0.1) is 0 Å². The number of hydrogen-bond donors (Lipinski definition) is 1. The first-order chi connectivity index (χ1) is 14.4. The van der Waals surface area contributed by atoms with Gasteiger partial charge in [0, 0.05) is 12.0 Å². The largest absolute Gasteiger partial charge is 0.381 e. The third-order valence-electron chi connectivity index (χ3n) is 6.65. The number of amides is 2. The lowest BCUT2D eigenvalue weighted by molar-refractivity contribution is -0.158. The van der Waals surface area contributed by atoms with E-state index in [1.807, 2.05) is 0 Å². The lowest BCUT2D eigenvalue weighted by Gasteiger charge is -2.44. The maximum absolute atomic E-state index is 13.5. The zero-order valence-electron chi connectivity index (χ0n) is 16.1. The molecule has 3 aromatic rings. The van der Waals surface area contributed by atoms with Gasteiger partial charge in [-0.15, -0.1) is 0 Å². The molecule has 0 aliphatic carbocycles. The monoisotopic (exact) mass is 402 g/mol. The number of nitrogens with zero attached hydrogens (tertiary/aromatic N) is 4. The molecule has 1 N–H and O–H groups in total. The van der Waals surface area contributed by atoms with Crippen LogP contribution in [0.4, 0.5) is 5.69 Å². The molecule has 3 aliphatic rings. The molecule has 3 aliphatic heterocycles. The van der Waals surface area contributed by atoms with Crippen LogP contribution in [0.1, 0.15) is 24.9 Å². The minimum Gasteiger partial charge on any atom is -0.381 e. The first-order valence-corrected chi connectivity index (χ1v) is 9.86. The van der Waals surface area contributed by atoms with Gasteiger partial charge in [0.2, 0.25) is 5.91 Å². The number of anilines is 1. The minimum atomic E-state index is -1.47. The van der Waals surface area contributed by atoms with Crippen molar-refractivity contribution >= 4 is 28.4 Å². The Morgan fingerprint density at radius 3 is 2.60 bits per heavy atom. The van der Waals surface area contributed by atoms with Crippen LogP contribution in [0.25, 0.3) is 10.9 Å². The summed E-state index contributed by atoms with van der Waals surface area (Å²) >= 11 is 0. The molecule has 4 heterocycles. The van der Waals surface area contributed by atoms with Crippen LogP contribution in [-0.4, -0.2) is 43.6 Å². The standard InChI is InChI=1S/C22H18N4O4/c1-12-18(27)26-16-9-5-3-7-14(16)22(30)10-17(20(29)25(12)21(22)26)24-11-23-15-8-4-2-6-13(15)19(24)28/h2-9,11-12,17,21,30H,10H2,1H3/t12-,17+,21-,22-/m0/s1. The topological polar surface area (TPSA) is 95.7 Å². The van der Waals surface area contributed by atoms with Crippen molar-refractivity contribution in [2.24, 2.45) is 0 Å². The van der Waals surface area contributed by atoms with Crippen molar-refractivity contribution in [3.8, 4) is 0 Å². The van der Waals surface area contributed by atoms with Crippen LogP contribution in [0.15, 0.2) is 59.7 Å². The summed E-state index contributed by atoms with van der Waals surface area (Å²) in [5.74, 6) is -0.596. The number of para-hydroxylation sites is 2. The number of hydrogen-bond acceptors (Lipinski definition) is 5. The smallest absolute Gasteiger partial charge is 0.261 e. The average molecular weight is 402 g/mol. The Morgan fingerprint density at radius 1 is 1.03 bits per heavy atom. The van der Waals surface area contributed by atoms with E-state index in [2.05, 4.69) is 4.98 Å². The van der Waals surface area contributed by atoms with E-state index < -0.39 is 23.9 Å². The average Bonchev–Trinajstić information content (AvgIpc) is 3.18. The summed E-state index contributed by atoms with van der Waals surface area (Å²) in [6, 6.07) is 12.4. The van der Waals surface area contributed by atoms with E-state index in [0.29, 0.717) is 22.2 Å². The van der Waals surface area contributed by atoms with Gasteiger partial charge in [-0.05, 0) is 25.1 Å². The van der Waals surface area contributed by atoms with Gasteiger partial charge >= 0.3 is 0 Å². The quantitative estimate of drug-likeness (QED) is 0.658. The van der Waals surface area contributed by atoms with Crippen LogP contribution in [0.3, 0.4) is 0 Å². The van der Waals surface area contributed by atoms with Crippen LogP contribution >= 0.6 is 0 Å². The fraction of sp³-hybridized carbons (Fsp3) is 0.273. The summed E-state index contributed by atoms with van der Waals surface area (Å²) in [6.07, 6.45) is 0.545. The Kier molecular flexibility index (Phi) is 3.21. The number of aromatic nitrogens is 2. The van der Waals surface area contributed by atoms with Gasteiger partial charge in [0.1, 0.15) is 23.9 Å². The Balaban J connectivity index is 1.57. The lowest BCUT2D eigenvalue weighted by Crippen LogP contribution is -2.61. The second-order valence-corrected chi connectivity index (χ2v) is 8.14. The molecule has 2 fully saturated rings. The summed E-state index contributed by atoms with van der Waals surface area (Å²) in [5.41, 5.74) is -0.0647. The van der Waals surface area contributed by atoms with Gasteiger partial charge in [-0.1, -0.05) is 30.3 Å². The number of fused-ring (bicyclic) bond motifs is 4. The van der Waals surface area contributed by atoms with Crippen molar-refractivity contribution in [2.45, 2.75) is 37.2 Å². The molecular weight excluding hydrogens is 384 g/mol. The maximum atomic E-state index is 13.5. The Labute approximate surface area is 171 Å². The number of piperidine rings is 1. The van der Waals surface area contributed by atoms with Gasteiger partial charge in [-0.3, -0.25) is 23.9 Å². The fourth-order valence-corrected chi connectivity index (χ4v) is 5.26. The Hall–Kier alpha value is -3.52. The SMILES string of the molecule is C[C@H]1C(=O)N2c3ccccc3[C@@]3(O)C[C@@H](n4cnc5ccccc5c4=O)C(=O)N1[C@@H]23. The number of carbonyl (C=O) groups is 2. The molecule has 0 radical (unpaired) electrons. The van der Waals surface area contributed by atoms with Crippen LogP contribution < -0.4 is 10.5 Å². The van der Waals surface area contributed by atoms with Crippen molar-refractivity contribution < 1.29 is 14.7 Å². The van der Waals surface area contributed by atoms with Gasteiger partial charge in [0.25, 0.3) is 11.5 Å². The van der Waals surface area contributed by atoms with Crippen molar-refractivity contribution in [3.63, 3.8) is 0 Å². The van der Waals surface area contributed by atoms with E-state index in [1.165, 1.54) is 20.7 Å². The van der Waals surface area contributed by atoms with E-state index >= 15 is 0 Å². The highest BCUT2D eigenvalue weighted by Gasteiger charge is 2.66. The molecule has 8 heteroatoms. The van der Waals surface area contributed by atoms with Gasteiger partial charge in [0.05, 0.1) is 22.9 Å². The lowest BCUT2D eigenvalue weighted by atomic mass is 9.82. The Bertz CT molecular complexity index is 1320. The van der Waals surface area contributed by atoms with Crippen LogP contribution in [0.5, 0.6) is 0 Å². The molecule has 30 heavy (non-hydrogen) atoms. The zero-order valence-corrected chi connectivity index (χ0v) is 16.1. The van der Waals surface area contributed by atoms with E-state index in [9.17, 15) is 19.5 Å². The molecule has 8 nitrogen and oxygen atoms in total. The molecule has 0 unspecified atom stereocenters. The third kappa shape index (κ3) is 1.89. The first kappa shape index (κ1) is 17.3. The molecule has 2 amide bonds. The van der Waals surface area contributed by atoms with E-state index in [0.717, 1.165) is 0 Å². The van der Waals surface area contributed by atoms with E-state index in [1.54, 1.807) is 55.5 Å². The Morgan fingerprint density at radius 2 is 1.77 bits per heavy atom. The summed E-state index contributed by atoms with van der Waals surface area (Å²) in [4.78, 5) is 47.0. The zero-order chi connectivity index (χ0) is 20.8. The minimum absolute atomic E-state index is 0.0135. The predicted octanol–water partition coefficient (Wildman–Crippen LogP) is 1.13. The molecule has 4 atom stereocenters. The summed E-state index contributed by atoms with van der Waals surface area (Å²) in [6.45, 7) is 1.66. The maximum Gasteiger partial charge on any atom is 0.261 e. The number of benzene rings is 2. The number of aliphatic hydroxyl groups is 1. The van der Waals surface area contributed by atoms with Gasteiger partial charge in [0.15, 0.2) is 0 Å². The normalized spacial score (nSPS) is 29.5. The molecule has 6 rings (SSSR count). The second kappa shape index (κ2) is 5.54. The summed E-state index contributed by atoms with van der Waals surface area (Å²) < 4.78 is 1.29. The highest BCUT2D eigenvalue weighted by Crippen LogP contribution is 2.55. The highest BCUT2D eigenvalue weighted by atomic mass is 16.3. The number of rotatable bonds is 1. The third-order valence-corrected chi connectivity index (χ3v) is 6.65. The van der Waals surface area contributed by atoms with Crippen molar-refractivity contribution in [3.05, 3.63) is 70.8 Å². The molecule has 0 spiro atoms. The molecule has 150 valence electrons. The molecule has 0 bridgehead atoms. The molecule has 1 aromatic heterocycles. The molecule has 0 saturated carbocycles. The molecule has 2 aromatic carbocycles. The van der Waals surface area contributed by atoms with Gasteiger partial charge in [-0.25, -0.2) is 4.98 Å². The van der Waals surface area contributed by atoms with Crippen molar-refractivity contribution in [1.29, 1.82) is 0 Å². The molecular formula is C22H18N4O4. The second-order valence-electron chi connectivity index (χ2n) is 8.14. The first-order valence-electron chi connectivity index (χ1n) is 9.86. The predicted molar refractivity (Wildman–Crippen MR) is 108 cm³/mol. The number of carbonyl (C=O) groups excluding carboxylic acids is 2. The van der Waals surface area contributed by atoms with Crippen LogP contribution in [0.2, 0.25) is 0 Å². The van der Waals surface area contributed by atoms with Crippen molar-refractivity contribution in [2.75, 3.05) is 4.90 Å². The van der Waals surface area contributed by atoms with E-state index in [4.69, 9.17) is 0 Å².